The highest BCUT2D eigenvalue weighted by atomic mass is 35.5. The molecule has 0 N–H and O–H groups in total. The summed E-state index contributed by atoms with van der Waals surface area (Å²) in [6.07, 6.45) is -4.03. The Kier molecular flexibility index (Phi) is 6.21. The van der Waals surface area contributed by atoms with Gasteiger partial charge in [0.1, 0.15) is 0 Å². The standard InChI is InChI=1S/C18H23ClF3NO3S/c1-17(2,3)27(25,26)13-8-9-23(11-13)16(24)7-5-12-4-6-15(19)14(10-12)18(20,21)22/h4,6,10,13H,5,7-9,11H2,1-3H3/t13-/m0/s1. The largest absolute Gasteiger partial charge is 0.417 e. The Balaban J connectivity index is 2.00. The third-order valence-electron chi connectivity index (χ3n) is 4.75. The van der Waals surface area contributed by atoms with Crippen LogP contribution in [0.5, 0.6) is 0 Å². The third kappa shape index (κ3) is 4.96. The second kappa shape index (κ2) is 7.62. The molecule has 0 spiro atoms. The number of alkyl halides is 3. The number of nitrogens with zero attached hydrogens (tertiary/aromatic N) is 1. The molecular weight excluding hydrogens is 403 g/mol. The van der Waals surface area contributed by atoms with E-state index in [1.807, 2.05) is 0 Å². The second-order valence-corrected chi connectivity index (χ2v) is 11.1. The molecule has 0 aromatic heterocycles. The van der Waals surface area contributed by atoms with Crippen molar-refractivity contribution in [3.05, 3.63) is 34.3 Å². The maximum absolute atomic E-state index is 12.9. The van der Waals surface area contributed by atoms with Gasteiger partial charge in [0.05, 0.1) is 20.6 Å². The molecule has 0 aliphatic carbocycles. The monoisotopic (exact) mass is 425 g/mol. The summed E-state index contributed by atoms with van der Waals surface area (Å²) in [5, 5.41) is -0.985. The van der Waals surface area contributed by atoms with Crippen LogP contribution in [0.15, 0.2) is 18.2 Å². The highest BCUT2D eigenvalue weighted by molar-refractivity contribution is 7.93. The number of hydrogen-bond donors (Lipinski definition) is 0. The lowest BCUT2D eigenvalue weighted by atomic mass is 10.1. The van der Waals surface area contributed by atoms with Gasteiger partial charge in [0, 0.05) is 19.5 Å². The van der Waals surface area contributed by atoms with Crippen LogP contribution in [0.25, 0.3) is 0 Å². The van der Waals surface area contributed by atoms with Crippen molar-refractivity contribution in [1.82, 2.24) is 4.90 Å². The highest BCUT2D eigenvalue weighted by Gasteiger charge is 2.41. The fourth-order valence-corrected chi connectivity index (χ4v) is 5.08. The first-order valence-electron chi connectivity index (χ1n) is 8.60. The minimum absolute atomic E-state index is 0.0151. The molecule has 4 nitrogen and oxygen atoms in total. The number of rotatable bonds is 4. The Hall–Kier alpha value is -1.28. The number of carbonyl (C=O) groups is 1. The van der Waals surface area contributed by atoms with Gasteiger partial charge in [0.15, 0.2) is 9.84 Å². The second-order valence-electron chi connectivity index (χ2n) is 7.72. The van der Waals surface area contributed by atoms with E-state index >= 15 is 0 Å². The smallest absolute Gasteiger partial charge is 0.341 e. The Labute approximate surface area is 162 Å². The van der Waals surface area contributed by atoms with Crippen molar-refractivity contribution in [2.24, 2.45) is 0 Å². The van der Waals surface area contributed by atoms with Crippen LogP contribution in [0.4, 0.5) is 13.2 Å². The molecule has 0 radical (unpaired) electrons. The van der Waals surface area contributed by atoms with Gasteiger partial charge in [-0.1, -0.05) is 17.7 Å². The van der Waals surface area contributed by atoms with E-state index in [-0.39, 0.29) is 30.3 Å². The Bertz CT molecular complexity index is 816. The third-order valence-corrected chi connectivity index (χ3v) is 8.05. The number of carbonyl (C=O) groups excluding carboxylic acids is 1. The topological polar surface area (TPSA) is 54.5 Å². The number of sulfone groups is 1. The van der Waals surface area contributed by atoms with Crippen LogP contribution < -0.4 is 0 Å². The van der Waals surface area contributed by atoms with Gasteiger partial charge in [-0.05, 0) is 51.3 Å². The van der Waals surface area contributed by atoms with Gasteiger partial charge in [-0.25, -0.2) is 8.42 Å². The molecule has 1 amide bonds. The van der Waals surface area contributed by atoms with Crippen LogP contribution in [-0.4, -0.2) is 42.3 Å². The maximum atomic E-state index is 12.9. The zero-order valence-electron chi connectivity index (χ0n) is 15.4. The number of halogens is 4. The van der Waals surface area contributed by atoms with Crippen LogP contribution in [0.3, 0.4) is 0 Å². The first-order valence-corrected chi connectivity index (χ1v) is 10.5. The number of aryl methyl sites for hydroxylation is 1. The number of benzene rings is 1. The van der Waals surface area contributed by atoms with E-state index in [9.17, 15) is 26.4 Å². The van der Waals surface area contributed by atoms with Gasteiger partial charge in [0.2, 0.25) is 5.91 Å². The summed E-state index contributed by atoms with van der Waals surface area (Å²) in [7, 11) is -3.37. The molecule has 0 saturated carbocycles. The summed E-state index contributed by atoms with van der Waals surface area (Å²) in [5.74, 6) is -0.259. The Morgan fingerprint density at radius 1 is 1.26 bits per heavy atom. The zero-order valence-corrected chi connectivity index (χ0v) is 17.0. The van der Waals surface area contributed by atoms with E-state index in [1.165, 1.54) is 17.0 Å². The minimum atomic E-state index is -4.55. The van der Waals surface area contributed by atoms with Gasteiger partial charge in [0.25, 0.3) is 0 Å². The van der Waals surface area contributed by atoms with E-state index < -0.39 is 31.6 Å². The molecule has 1 aromatic carbocycles. The molecule has 0 bridgehead atoms. The summed E-state index contributed by atoms with van der Waals surface area (Å²) in [4.78, 5) is 13.9. The van der Waals surface area contributed by atoms with Crippen LogP contribution in [-0.2, 0) is 27.2 Å². The first kappa shape index (κ1) is 22.0. The molecule has 0 unspecified atom stereocenters. The van der Waals surface area contributed by atoms with E-state index in [1.54, 1.807) is 20.8 Å². The van der Waals surface area contributed by atoms with E-state index in [0.717, 1.165) is 6.07 Å². The van der Waals surface area contributed by atoms with Gasteiger partial charge in [-0.15, -0.1) is 0 Å². The van der Waals surface area contributed by atoms with Crippen LogP contribution in [0.2, 0.25) is 5.02 Å². The lowest BCUT2D eigenvalue weighted by Gasteiger charge is -2.24. The van der Waals surface area contributed by atoms with Crippen molar-refractivity contribution in [2.75, 3.05) is 13.1 Å². The normalized spacial score (nSPS) is 18.8. The SMILES string of the molecule is CC(C)(C)S(=O)(=O)[C@H]1CCN(C(=O)CCc2ccc(Cl)c(C(F)(F)F)c2)C1. The van der Waals surface area contributed by atoms with Crippen molar-refractivity contribution < 1.29 is 26.4 Å². The summed E-state index contributed by atoms with van der Waals surface area (Å²) < 4.78 is 62.8. The summed E-state index contributed by atoms with van der Waals surface area (Å²) >= 11 is 5.59. The number of amides is 1. The predicted molar refractivity (Wildman–Crippen MR) is 98.4 cm³/mol. The molecule has 2 rings (SSSR count). The molecule has 1 aliphatic heterocycles. The summed E-state index contributed by atoms with van der Waals surface area (Å²) in [6.45, 7) is 5.36. The molecule has 1 saturated heterocycles. The van der Waals surface area contributed by atoms with Crippen molar-refractivity contribution in [1.29, 1.82) is 0 Å². The first-order chi connectivity index (χ1) is 12.2. The van der Waals surface area contributed by atoms with Gasteiger partial charge >= 0.3 is 6.18 Å². The Morgan fingerprint density at radius 3 is 2.44 bits per heavy atom. The van der Waals surface area contributed by atoms with Gasteiger partial charge < -0.3 is 4.90 Å². The van der Waals surface area contributed by atoms with E-state index in [2.05, 4.69) is 0 Å². The molecule has 9 heteroatoms. The average Bonchev–Trinajstić information content (AvgIpc) is 3.02. The van der Waals surface area contributed by atoms with Crippen LogP contribution in [0.1, 0.15) is 44.7 Å². The average molecular weight is 426 g/mol. The molecule has 27 heavy (non-hydrogen) atoms. The van der Waals surface area contributed by atoms with Gasteiger partial charge in [-0.2, -0.15) is 13.2 Å². The van der Waals surface area contributed by atoms with Crippen molar-refractivity contribution in [2.45, 2.75) is 56.2 Å². The Morgan fingerprint density at radius 2 is 1.89 bits per heavy atom. The molecule has 1 heterocycles. The summed E-state index contributed by atoms with van der Waals surface area (Å²) in [5.41, 5.74) is -0.565. The maximum Gasteiger partial charge on any atom is 0.417 e. The van der Waals surface area contributed by atoms with Crippen LogP contribution >= 0.6 is 11.6 Å². The number of likely N-dealkylation sites (tertiary alicyclic amines) is 1. The number of hydrogen-bond acceptors (Lipinski definition) is 3. The van der Waals surface area contributed by atoms with Gasteiger partial charge in [-0.3, -0.25) is 4.79 Å². The highest BCUT2D eigenvalue weighted by Crippen LogP contribution is 2.35. The molecule has 152 valence electrons. The lowest BCUT2D eigenvalue weighted by Crippen LogP contribution is -2.39. The van der Waals surface area contributed by atoms with Crippen molar-refractivity contribution in [3.63, 3.8) is 0 Å². The molecule has 1 aromatic rings. The predicted octanol–water partition coefficient (Wildman–Crippen LogP) is 4.11. The van der Waals surface area contributed by atoms with Crippen molar-refractivity contribution >= 4 is 27.3 Å². The van der Waals surface area contributed by atoms with Crippen LogP contribution in [0, 0.1) is 0 Å². The fraction of sp³-hybridized carbons (Fsp3) is 0.611. The van der Waals surface area contributed by atoms with Crippen molar-refractivity contribution in [3.8, 4) is 0 Å². The molecular formula is C18H23ClF3NO3S. The molecule has 1 aliphatic rings. The molecule has 1 atom stereocenters. The minimum Gasteiger partial charge on any atom is -0.341 e. The fourth-order valence-electron chi connectivity index (χ4n) is 3.06. The quantitative estimate of drug-likeness (QED) is 0.729. The molecule has 1 fully saturated rings. The zero-order chi connectivity index (χ0) is 20.6. The summed E-state index contributed by atoms with van der Waals surface area (Å²) in [6, 6.07) is 3.58. The van der Waals surface area contributed by atoms with E-state index in [0.29, 0.717) is 18.5 Å². The lowest BCUT2D eigenvalue weighted by molar-refractivity contribution is -0.137. The van der Waals surface area contributed by atoms with E-state index in [4.69, 9.17) is 11.6 Å².